The maximum Gasteiger partial charge on any atom is 0.419 e. The summed E-state index contributed by atoms with van der Waals surface area (Å²) in [6.07, 6.45) is -2.42. The average Bonchev–Trinajstić information content (AvgIpc) is 3.17. The van der Waals surface area contributed by atoms with Crippen molar-refractivity contribution in [1.82, 2.24) is 5.32 Å². The van der Waals surface area contributed by atoms with E-state index in [2.05, 4.69) is 5.32 Å². The molecule has 2 rings (SSSR count). The fourth-order valence-electron chi connectivity index (χ4n) is 1.73. The molecule has 0 heterocycles. The standard InChI is InChI=1S/C13H15F3N2O2/c14-13(15,16)10-5-8(6-18-9-2-3-9)1-4-11(10)20-7-12(17)19/h1,4-5,9,18H,2-3,6-7H2,(H2,17,19). The number of rotatable bonds is 6. The summed E-state index contributed by atoms with van der Waals surface area (Å²) in [6.45, 7) is -0.202. The van der Waals surface area contributed by atoms with Crippen molar-refractivity contribution in [3.05, 3.63) is 29.3 Å². The number of primary amides is 1. The Hall–Kier alpha value is -1.76. The third kappa shape index (κ3) is 4.12. The highest BCUT2D eigenvalue weighted by Gasteiger charge is 2.35. The summed E-state index contributed by atoms with van der Waals surface area (Å²) in [4.78, 5) is 10.6. The molecule has 1 aliphatic rings. The lowest BCUT2D eigenvalue weighted by molar-refractivity contribution is -0.139. The summed E-state index contributed by atoms with van der Waals surface area (Å²) in [5.74, 6) is -1.20. The molecule has 3 N–H and O–H groups in total. The molecule has 0 aromatic heterocycles. The van der Waals surface area contributed by atoms with Gasteiger partial charge in [-0.15, -0.1) is 0 Å². The maximum absolute atomic E-state index is 12.9. The summed E-state index contributed by atoms with van der Waals surface area (Å²) in [6, 6.07) is 4.21. The minimum Gasteiger partial charge on any atom is -0.483 e. The number of hydrogen-bond acceptors (Lipinski definition) is 3. The van der Waals surface area contributed by atoms with Crippen molar-refractivity contribution in [3.8, 4) is 5.75 Å². The number of carbonyl (C=O) groups excluding carboxylic acids is 1. The predicted molar refractivity (Wildman–Crippen MR) is 66.0 cm³/mol. The molecule has 0 saturated heterocycles. The molecule has 0 radical (unpaired) electrons. The molecule has 0 bridgehead atoms. The van der Waals surface area contributed by atoms with E-state index in [-0.39, 0.29) is 5.75 Å². The van der Waals surface area contributed by atoms with Crippen LogP contribution < -0.4 is 15.8 Å². The van der Waals surface area contributed by atoms with E-state index in [0.29, 0.717) is 18.2 Å². The summed E-state index contributed by atoms with van der Waals surface area (Å²) in [7, 11) is 0. The smallest absolute Gasteiger partial charge is 0.419 e. The number of carbonyl (C=O) groups is 1. The predicted octanol–water partition coefficient (Wildman–Crippen LogP) is 1.82. The molecule has 0 unspecified atom stereocenters. The van der Waals surface area contributed by atoms with Crippen molar-refractivity contribution in [2.75, 3.05) is 6.61 Å². The molecule has 7 heteroatoms. The van der Waals surface area contributed by atoms with Crippen LogP contribution in [0.15, 0.2) is 18.2 Å². The molecule has 1 saturated carbocycles. The fraction of sp³-hybridized carbons (Fsp3) is 0.462. The summed E-state index contributed by atoms with van der Waals surface area (Å²) >= 11 is 0. The number of nitrogens with two attached hydrogens (primary N) is 1. The molecule has 1 aliphatic carbocycles. The molecule has 0 spiro atoms. The Morgan fingerprint density at radius 2 is 2.10 bits per heavy atom. The monoisotopic (exact) mass is 288 g/mol. The molecule has 1 fully saturated rings. The van der Waals surface area contributed by atoms with Crippen LogP contribution in [0.4, 0.5) is 13.2 Å². The van der Waals surface area contributed by atoms with E-state index in [0.717, 1.165) is 18.9 Å². The number of hydrogen-bond donors (Lipinski definition) is 2. The summed E-state index contributed by atoms with van der Waals surface area (Å²) < 4.78 is 43.6. The van der Waals surface area contributed by atoms with Crippen LogP contribution in [-0.2, 0) is 17.5 Å². The van der Waals surface area contributed by atoms with Crippen molar-refractivity contribution in [2.24, 2.45) is 5.73 Å². The Morgan fingerprint density at radius 3 is 2.65 bits per heavy atom. The van der Waals surface area contributed by atoms with E-state index in [1.54, 1.807) is 6.07 Å². The zero-order chi connectivity index (χ0) is 14.8. The van der Waals surface area contributed by atoms with Gasteiger partial charge in [-0.25, -0.2) is 0 Å². The number of ether oxygens (including phenoxy) is 1. The van der Waals surface area contributed by atoms with Gasteiger partial charge in [0.1, 0.15) is 5.75 Å². The van der Waals surface area contributed by atoms with Gasteiger partial charge < -0.3 is 15.8 Å². The molecule has 1 aromatic rings. The normalized spacial score (nSPS) is 15.2. The second-order valence-electron chi connectivity index (χ2n) is 4.74. The third-order valence-corrected chi connectivity index (χ3v) is 2.89. The SMILES string of the molecule is NC(=O)COc1ccc(CNC2CC2)cc1C(F)(F)F. The molecular formula is C13H15F3N2O2. The van der Waals surface area contributed by atoms with Crippen molar-refractivity contribution >= 4 is 5.91 Å². The Morgan fingerprint density at radius 1 is 1.40 bits per heavy atom. The van der Waals surface area contributed by atoms with Crippen LogP contribution in [0, 0.1) is 0 Å². The van der Waals surface area contributed by atoms with Crippen LogP contribution in [0.2, 0.25) is 0 Å². The second kappa shape index (κ2) is 5.70. The highest BCUT2D eigenvalue weighted by molar-refractivity contribution is 5.75. The summed E-state index contributed by atoms with van der Waals surface area (Å²) in [5, 5.41) is 3.14. The fourth-order valence-corrected chi connectivity index (χ4v) is 1.73. The van der Waals surface area contributed by atoms with E-state index in [9.17, 15) is 18.0 Å². The van der Waals surface area contributed by atoms with Gasteiger partial charge in [0, 0.05) is 12.6 Å². The number of amides is 1. The zero-order valence-corrected chi connectivity index (χ0v) is 10.7. The van der Waals surface area contributed by atoms with Crippen LogP contribution in [0.3, 0.4) is 0 Å². The van der Waals surface area contributed by atoms with Gasteiger partial charge in [0.25, 0.3) is 5.91 Å². The first kappa shape index (κ1) is 14.6. The van der Waals surface area contributed by atoms with Gasteiger partial charge in [-0.3, -0.25) is 4.79 Å². The van der Waals surface area contributed by atoms with Crippen LogP contribution in [0.25, 0.3) is 0 Å². The van der Waals surface area contributed by atoms with Gasteiger partial charge in [0.05, 0.1) is 5.56 Å². The van der Waals surface area contributed by atoms with Crippen LogP contribution in [0.5, 0.6) is 5.75 Å². The summed E-state index contributed by atoms with van der Waals surface area (Å²) in [5.41, 5.74) is 4.49. The highest BCUT2D eigenvalue weighted by atomic mass is 19.4. The first-order valence-corrected chi connectivity index (χ1v) is 6.21. The van der Waals surface area contributed by atoms with Crippen molar-refractivity contribution in [1.29, 1.82) is 0 Å². The third-order valence-electron chi connectivity index (χ3n) is 2.89. The average molecular weight is 288 g/mol. The quantitative estimate of drug-likeness (QED) is 0.839. The maximum atomic E-state index is 12.9. The molecule has 1 aromatic carbocycles. The molecule has 110 valence electrons. The Bertz CT molecular complexity index is 499. The number of halogens is 3. The van der Waals surface area contributed by atoms with Crippen molar-refractivity contribution in [3.63, 3.8) is 0 Å². The van der Waals surface area contributed by atoms with Crippen LogP contribution >= 0.6 is 0 Å². The molecule has 0 atom stereocenters. The second-order valence-corrected chi connectivity index (χ2v) is 4.74. The van der Waals surface area contributed by atoms with E-state index >= 15 is 0 Å². The van der Waals surface area contributed by atoms with Gasteiger partial charge in [-0.1, -0.05) is 6.07 Å². The number of benzene rings is 1. The number of nitrogens with one attached hydrogen (secondary N) is 1. The molecule has 0 aliphatic heterocycles. The van der Waals surface area contributed by atoms with Gasteiger partial charge >= 0.3 is 6.18 Å². The van der Waals surface area contributed by atoms with Gasteiger partial charge in [0.15, 0.2) is 6.61 Å². The van der Waals surface area contributed by atoms with Crippen molar-refractivity contribution < 1.29 is 22.7 Å². The van der Waals surface area contributed by atoms with E-state index < -0.39 is 24.3 Å². The highest BCUT2D eigenvalue weighted by Crippen LogP contribution is 2.37. The first-order chi connectivity index (χ1) is 9.36. The lowest BCUT2D eigenvalue weighted by Gasteiger charge is -2.15. The van der Waals surface area contributed by atoms with E-state index in [1.165, 1.54) is 6.07 Å². The molecular weight excluding hydrogens is 273 g/mol. The van der Waals surface area contributed by atoms with Gasteiger partial charge in [0.2, 0.25) is 0 Å². The molecule has 20 heavy (non-hydrogen) atoms. The van der Waals surface area contributed by atoms with E-state index in [1.807, 2.05) is 0 Å². The topological polar surface area (TPSA) is 64.4 Å². The Kier molecular flexibility index (Phi) is 4.17. The Balaban J connectivity index is 2.15. The molecule has 4 nitrogen and oxygen atoms in total. The minimum absolute atomic E-state index is 0.379. The Labute approximate surface area is 114 Å². The van der Waals surface area contributed by atoms with Crippen LogP contribution in [-0.4, -0.2) is 18.6 Å². The van der Waals surface area contributed by atoms with Crippen LogP contribution in [0.1, 0.15) is 24.0 Å². The number of alkyl halides is 3. The largest absolute Gasteiger partial charge is 0.483 e. The zero-order valence-electron chi connectivity index (χ0n) is 10.7. The molecule has 1 amide bonds. The van der Waals surface area contributed by atoms with E-state index in [4.69, 9.17) is 10.5 Å². The van der Waals surface area contributed by atoms with Gasteiger partial charge in [-0.05, 0) is 30.5 Å². The lowest BCUT2D eigenvalue weighted by Crippen LogP contribution is -2.21. The van der Waals surface area contributed by atoms with Crippen molar-refractivity contribution in [2.45, 2.75) is 31.6 Å². The minimum atomic E-state index is -4.54. The van der Waals surface area contributed by atoms with Gasteiger partial charge in [-0.2, -0.15) is 13.2 Å². The lowest BCUT2D eigenvalue weighted by atomic mass is 10.1. The first-order valence-electron chi connectivity index (χ1n) is 6.21.